The maximum absolute atomic E-state index is 13.3. The zero-order valence-corrected chi connectivity index (χ0v) is 41.0. The van der Waals surface area contributed by atoms with Crippen LogP contribution in [-0.2, 0) is 37.1 Å². The molecule has 2 aliphatic rings. The fourth-order valence-electron chi connectivity index (χ4n) is 5.46. The molecule has 0 aromatic carbocycles. The Bertz CT molecular complexity index is 1310. The topological polar surface area (TPSA) is 89.5 Å². The summed E-state index contributed by atoms with van der Waals surface area (Å²) < 4.78 is 41.8. The summed E-state index contributed by atoms with van der Waals surface area (Å²) in [7, 11) is -5.98. The summed E-state index contributed by atoms with van der Waals surface area (Å²) in [5.74, 6) is 5.76. The molecule has 52 heavy (non-hydrogen) atoms. The summed E-state index contributed by atoms with van der Waals surface area (Å²) in [5, 5.41) is -0.553. The van der Waals surface area contributed by atoms with Gasteiger partial charge in [0.05, 0.1) is 25.7 Å². The first-order chi connectivity index (χ1) is 23.4. The van der Waals surface area contributed by atoms with Crippen LogP contribution in [0.3, 0.4) is 0 Å². The number of ketones is 1. The maximum atomic E-state index is 13.3. The van der Waals surface area contributed by atoms with Crippen molar-refractivity contribution in [1.29, 1.82) is 0 Å². The van der Waals surface area contributed by atoms with Gasteiger partial charge in [0.1, 0.15) is 30.5 Å². The molecule has 13 heteroatoms. The van der Waals surface area contributed by atoms with E-state index in [-0.39, 0.29) is 57.3 Å². The summed E-state index contributed by atoms with van der Waals surface area (Å²) in [6.45, 7) is 37.2. The van der Waals surface area contributed by atoms with E-state index in [1.54, 1.807) is 0 Å². The molecule has 0 radical (unpaired) electrons. The lowest BCUT2D eigenvalue weighted by molar-refractivity contribution is -0.266. The van der Waals surface area contributed by atoms with Gasteiger partial charge in [0, 0.05) is 11.8 Å². The molecule has 0 aromatic heterocycles. The van der Waals surface area contributed by atoms with Crippen molar-refractivity contribution in [2.24, 2.45) is 0 Å². The van der Waals surface area contributed by atoms with Crippen molar-refractivity contribution in [3.63, 3.8) is 0 Å². The Morgan fingerprint density at radius 2 is 1.38 bits per heavy atom. The number of fused-ring (bicyclic) bond motifs is 1. The van der Waals surface area contributed by atoms with Crippen molar-refractivity contribution in [2.45, 2.75) is 203 Å². The zero-order valence-electron chi connectivity index (χ0n) is 35.1. The molecule has 0 bridgehead atoms. The SMILES string of the molecule is C=C(I)C[C@H](Cl)CCC(=O)C#CC(O[Si](C)(C)C(C)(C)C)[C@@H]1O[C@H]2CCC(CC(=O)OC)OC2C(O[Si](C)(C)C(C)(C)C)C1O[Si](C)(C)C(C)(C)C. The quantitative estimate of drug-likeness (QED) is 0.0425. The molecule has 8 nitrogen and oxygen atoms in total. The summed E-state index contributed by atoms with van der Waals surface area (Å²) in [4.78, 5) is 25.7. The number of ether oxygens (including phenoxy) is 3. The third-order valence-corrected chi connectivity index (χ3v) is 26.1. The third-order valence-electron chi connectivity index (χ3n) is 11.9. The van der Waals surface area contributed by atoms with Crippen molar-refractivity contribution >= 4 is 70.9 Å². The van der Waals surface area contributed by atoms with Crippen LogP contribution in [0.2, 0.25) is 54.4 Å². The molecular weight excluding hydrogens is 843 g/mol. The number of rotatable bonds is 14. The highest BCUT2D eigenvalue weighted by Crippen LogP contribution is 2.47. The van der Waals surface area contributed by atoms with Crippen molar-refractivity contribution in [1.82, 2.24) is 0 Å². The fraction of sp³-hybridized carbons (Fsp3) is 0.846. The smallest absolute Gasteiger partial charge is 0.308 e. The van der Waals surface area contributed by atoms with Gasteiger partial charge in [-0.25, -0.2) is 0 Å². The van der Waals surface area contributed by atoms with Crippen molar-refractivity contribution in [3.05, 3.63) is 10.2 Å². The van der Waals surface area contributed by atoms with E-state index in [9.17, 15) is 9.59 Å². The number of halogens is 2. The highest BCUT2D eigenvalue weighted by molar-refractivity contribution is 14.1. The lowest BCUT2D eigenvalue weighted by Gasteiger charge is -2.55. The Labute approximate surface area is 338 Å². The molecule has 0 aromatic rings. The number of carbonyl (C=O) groups is 2. The van der Waals surface area contributed by atoms with E-state index >= 15 is 0 Å². The first-order valence-electron chi connectivity index (χ1n) is 18.9. The minimum atomic E-state index is -2.48. The van der Waals surface area contributed by atoms with Crippen LogP contribution in [-0.4, -0.2) is 91.9 Å². The van der Waals surface area contributed by atoms with Gasteiger partial charge < -0.3 is 27.5 Å². The number of hydrogen-bond acceptors (Lipinski definition) is 8. The summed E-state index contributed by atoms with van der Waals surface area (Å²) in [6, 6.07) is 0. The van der Waals surface area contributed by atoms with Crippen LogP contribution in [0, 0.1) is 11.8 Å². The first-order valence-corrected chi connectivity index (χ1v) is 29.1. The van der Waals surface area contributed by atoms with Gasteiger partial charge in [-0.15, -0.1) is 11.6 Å². The third kappa shape index (κ3) is 13.3. The van der Waals surface area contributed by atoms with Crippen LogP contribution in [0.15, 0.2) is 10.2 Å². The molecule has 2 aliphatic heterocycles. The van der Waals surface area contributed by atoms with E-state index in [0.717, 1.165) is 3.58 Å². The standard InChI is InChI=1S/C39H70ClIO8Si3/c1-26(41)24-27(40)18-19-28(42)20-22-31(47-50(12,13)37(2,3)4)34-36(49-52(16,17)39(8,9)10)35(48-51(14,15)38(5,6)7)33-30(46-34)23-21-29(45-33)25-32(43)44-11/h27,29-31,33-36H,1,18-19,21,23-25H2,2-17H3/t27-,29?,30+,31?,33?,34+,35?,36?/m1/s1. The van der Waals surface area contributed by atoms with Crippen LogP contribution in [0.4, 0.5) is 0 Å². The van der Waals surface area contributed by atoms with Gasteiger partial charge >= 0.3 is 5.97 Å². The average Bonchev–Trinajstić information content (AvgIpc) is 2.97. The van der Waals surface area contributed by atoms with Crippen LogP contribution < -0.4 is 0 Å². The largest absolute Gasteiger partial charge is 0.469 e. The molecule has 2 heterocycles. The van der Waals surface area contributed by atoms with Crippen molar-refractivity contribution < 1.29 is 37.1 Å². The van der Waals surface area contributed by atoms with Crippen LogP contribution in [0.5, 0.6) is 0 Å². The Balaban J connectivity index is 2.80. The van der Waals surface area contributed by atoms with Crippen LogP contribution in [0.25, 0.3) is 0 Å². The second-order valence-corrected chi connectivity index (χ2v) is 35.7. The minimum Gasteiger partial charge on any atom is -0.469 e. The van der Waals surface area contributed by atoms with E-state index in [0.29, 0.717) is 25.7 Å². The molecule has 0 aliphatic carbocycles. The summed E-state index contributed by atoms with van der Waals surface area (Å²) in [6.07, 6.45) is -0.905. The van der Waals surface area contributed by atoms with E-state index in [2.05, 4.69) is 143 Å². The van der Waals surface area contributed by atoms with Gasteiger partial charge in [0.15, 0.2) is 25.0 Å². The number of carbonyl (C=O) groups excluding carboxylic acids is 2. The highest BCUT2D eigenvalue weighted by atomic mass is 127. The number of esters is 1. The second-order valence-electron chi connectivity index (χ2n) is 19.3. The number of methoxy groups -OCH3 is 1. The molecule has 300 valence electrons. The number of hydrogen-bond donors (Lipinski definition) is 0. The van der Waals surface area contributed by atoms with Crippen molar-refractivity contribution in [2.75, 3.05) is 7.11 Å². The van der Waals surface area contributed by atoms with Gasteiger partial charge in [-0.2, -0.15) is 0 Å². The Morgan fingerprint density at radius 1 is 0.865 bits per heavy atom. The van der Waals surface area contributed by atoms with Gasteiger partial charge in [0.2, 0.25) is 5.78 Å². The zero-order chi connectivity index (χ0) is 40.3. The van der Waals surface area contributed by atoms with E-state index < -0.39 is 55.5 Å². The van der Waals surface area contributed by atoms with Crippen LogP contribution >= 0.6 is 34.2 Å². The summed E-state index contributed by atoms with van der Waals surface area (Å²) >= 11 is 8.67. The van der Waals surface area contributed by atoms with E-state index in [4.69, 9.17) is 39.1 Å². The molecule has 2 rings (SSSR count). The van der Waals surface area contributed by atoms with Gasteiger partial charge in [-0.1, -0.05) is 74.8 Å². The Morgan fingerprint density at radius 3 is 1.87 bits per heavy atom. The average molecular weight is 914 g/mol. The van der Waals surface area contributed by atoms with Crippen LogP contribution in [0.1, 0.15) is 101 Å². The number of alkyl halides is 1. The van der Waals surface area contributed by atoms with E-state index in [1.807, 2.05) is 0 Å². The highest BCUT2D eigenvalue weighted by Gasteiger charge is 2.58. The molecule has 0 spiro atoms. The lowest BCUT2D eigenvalue weighted by atomic mass is 9.87. The van der Waals surface area contributed by atoms with Gasteiger partial charge in [-0.05, 0) is 112 Å². The molecular formula is C39H70ClIO8Si3. The number of allylic oxidation sites excluding steroid dienone is 1. The first kappa shape index (κ1) is 48.1. The van der Waals surface area contributed by atoms with Gasteiger partial charge in [-0.3, -0.25) is 9.59 Å². The second kappa shape index (κ2) is 18.4. The van der Waals surface area contributed by atoms with E-state index in [1.165, 1.54) is 7.11 Å². The number of Topliss-reactive ketones (excluding diaryl/α,β-unsaturated/α-hetero) is 1. The molecule has 0 amide bonds. The molecule has 2 saturated heterocycles. The molecule has 0 saturated carbocycles. The van der Waals surface area contributed by atoms with Gasteiger partial charge in [0.25, 0.3) is 0 Å². The molecule has 5 unspecified atom stereocenters. The fourth-order valence-corrected chi connectivity index (χ4v) is 10.3. The molecule has 0 N–H and O–H groups in total. The van der Waals surface area contributed by atoms with Crippen molar-refractivity contribution in [3.8, 4) is 11.8 Å². The monoisotopic (exact) mass is 912 g/mol. The predicted octanol–water partition coefficient (Wildman–Crippen LogP) is 10.3. The molecule has 8 atom stereocenters. The summed E-state index contributed by atoms with van der Waals surface area (Å²) in [5.41, 5.74) is 0. The maximum Gasteiger partial charge on any atom is 0.308 e. The Hall–Kier alpha value is -0.0894. The molecule has 2 fully saturated rings. The predicted molar refractivity (Wildman–Crippen MR) is 229 cm³/mol. The minimum absolute atomic E-state index is 0.106. The lowest BCUT2D eigenvalue weighted by Crippen LogP contribution is -2.69. The normalized spacial score (nSPS) is 26.0. The Kier molecular flexibility index (Phi) is 17.1.